The monoisotopic (exact) mass is 365 g/mol. The van der Waals surface area contributed by atoms with Crippen LogP contribution in [-0.4, -0.2) is 31.0 Å². The lowest BCUT2D eigenvalue weighted by molar-refractivity contribution is -0.129. The van der Waals surface area contributed by atoms with Crippen molar-refractivity contribution < 1.29 is 13.9 Å². The molecule has 116 valence electrons. The number of benzene rings is 2. The minimum atomic E-state index is -0.352. The molecule has 0 unspecified atom stereocenters. The van der Waals surface area contributed by atoms with E-state index >= 15 is 0 Å². The van der Waals surface area contributed by atoms with E-state index in [1.54, 1.807) is 30.1 Å². The van der Waals surface area contributed by atoms with E-state index < -0.39 is 0 Å². The largest absolute Gasteiger partial charge is 0.492 e. The molecule has 0 radical (unpaired) electrons. The maximum Gasteiger partial charge on any atom is 0.226 e. The van der Waals surface area contributed by atoms with Crippen LogP contribution in [0.3, 0.4) is 0 Å². The van der Waals surface area contributed by atoms with E-state index in [1.165, 1.54) is 6.07 Å². The number of hydrogen-bond donors (Lipinski definition) is 0. The number of halogens is 2. The Morgan fingerprint density at radius 1 is 1.18 bits per heavy atom. The van der Waals surface area contributed by atoms with Gasteiger partial charge in [-0.25, -0.2) is 4.39 Å². The van der Waals surface area contributed by atoms with Crippen molar-refractivity contribution in [3.05, 3.63) is 64.4 Å². The molecular weight excluding hydrogens is 349 g/mol. The smallest absolute Gasteiger partial charge is 0.226 e. The fourth-order valence-electron chi connectivity index (χ4n) is 1.90. The van der Waals surface area contributed by atoms with Crippen molar-refractivity contribution in [3.8, 4) is 5.75 Å². The second-order valence-corrected chi connectivity index (χ2v) is 5.80. The average Bonchev–Trinajstić information content (AvgIpc) is 2.51. The molecule has 0 bridgehead atoms. The van der Waals surface area contributed by atoms with E-state index in [4.69, 9.17) is 4.74 Å². The van der Waals surface area contributed by atoms with Crippen molar-refractivity contribution in [1.29, 1.82) is 0 Å². The predicted octanol–water partition coefficient (Wildman–Crippen LogP) is 3.67. The van der Waals surface area contributed by atoms with Gasteiger partial charge in [0.2, 0.25) is 5.91 Å². The van der Waals surface area contributed by atoms with Crippen molar-refractivity contribution in [2.45, 2.75) is 6.42 Å². The summed E-state index contributed by atoms with van der Waals surface area (Å²) in [6.45, 7) is 0.838. The fraction of sp³-hybridized carbons (Fsp3) is 0.235. The molecule has 0 N–H and O–H groups in total. The second kappa shape index (κ2) is 7.94. The lowest BCUT2D eigenvalue weighted by Gasteiger charge is -2.17. The Balaban J connectivity index is 1.79. The zero-order valence-electron chi connectivity index (χ0n) is 12.3. The molecule has 0 fully saturated rings. The van der Waals surface area contributed by atoms with E-state index in [1.807, 2.05) is 24.3 Å². The molecule has 0 atom stereocenters. The minimum Gasteiger partial charge on any atom is -0.492 e. The third-order valence-corrected chi connectivity index (χ3v) is 3.76. The Labute approximate surface area is 137 Å². The van der Waals surface area contributed by atoms with Gasteiger partial charge in [-0.2, -0.15) is 0 Å². The van der Waals surface area contributed by atoms with Crippen molar-refractivity contribution >= 4 is 21.8 Å². The molecule has 2 rings (SSSR count). The zero-order chi connectivity index (χ0) is 15.9. The van der Waals surface area contributed by atoms with Gasteiger partial charge in [-0.3, -0.25) is 4.79 Å². The summed E-state index contributed by atoms with van der Waals surface area (Å²) in [5, 5.41) is 0. The SMILES string of the molecule is CN(CCOc1ccc(Br)cc1)C(=O)Cc1ccccc1F. The Morgan fingerprint density at radius 3 is 2.55 bits per heavy atom. The number of rotatable bonds is 6. The highest BCUT2D eigenvalue weighted by Gasteiger charge is 2.12. The number of likely N-dealkylation sites (N-methyl/N-ethyl adjacent to an activating group) is 1. The molecule has 0 saturated carbocycles. The highest BCUT2D eigenvalue weighted by atomic mass is 79.9. The molecule has 3 nitrogen and oxygen atoms in total. The van der Waals surface area contributed by atoms with Crippen LogP contribution in [0.5, 0.6) is 5.75 Å². The highest BCUT2D eigenvalue weighted by Crippen LogP contribution is 2.16. The van der Waals surface area contributed by atoms with E-state index in [0.717, 1.165) is 10.2 Å². The standard InChI is InChI=1S/C17H17BrFNO2/c1-20(10-11-22-15-8-6-14(18)7-9-15)17(21)12-13-4-2-3-5-16(13)19/h2-9H,10-12H2,1H3. The van der Waals surface area contributed by atoms with E-state index in [9.17, 15) is 9.18 Å². The first kappa shape index (κ1) is 16.5. The molecule has 1 amide bonds. The van der Waals surface area contributed by atoms with Crippen LogP contribution < -0.4 is 4.74 Å². The molecule has 22 heavy (non-hydrogen) atoms. The van der Waals surface area contributed by atoms with Crippen LogP contribution in [0.25, 0.3) is 0 Å². The minimum absolute atomic E-state index is 0.0570. The van der Waals surface area contributed by atoms with E-state index in [2.05, 4.69) is 15.9 Å². The molecule has 0 aliphatic carbocycles. The molecule has 0 aliphatic rings. The molecule has 2 aromatic rings. The summed E-state index contributed by atoms with van der Waals surface area (Å²) in [6.07, 6.45) is 0.0570. The van der Waals surface area contributed by atoms with Crippen LogP contribution in [-0.2, 0) is 11.2 Å². The Bertz CT molecular complexity index is 631. The first-order valence-corrected chi connectivity index (χ1v) is 7.71. The van der Waals surface area contributed by atoms with Crippen LogP contribution in [0.2, 0.25) is 0 Å². The Kier molecular flexibility index (Phi) is 5.95. The van der Waals surface area contributed by atoms with Crippen LogP contribution in [0, 0.1) is 5.82 Å². The number of carbonyl (C=O) groups excluding carboxylic acids is 1. The van der Waals surface area contributed by atoms with Gasteiger partial charge in [-0.1, -0.05) is 34.1 Å². The third kappa shape index (κ3) is 4.84. The van der Waals surface area contributed by atoms with Gasteiger partial charge in [0.25, 0.3) is 0 Å². The number of nitrogens with zero attached hydrogens (tertiary/aromatic N) is 1. The molecule has 0 heterocycles. The number of ether oxygens (including phenoxy) is 1. The van der Waals surface area contributed by atoms with E-state index in [0.29, 0.717) is 18.7 Å². The lowest BCUT2D eigenvalue weighted by Crippen LogP contribution is -2.32. The van der Waals surface area contributed by atoms with Crippen molar-refractivity contribution in [1.82, 2.24) is 4.90 Å². The van der Waals surface area contributed by atoms with Crippen molar-refractivity contribution in [2.75, 3.05) is 20.2 Å². The summed E-state index contributed by atoms with van der Waals surface area (Å²) < 4.78 is 20.1. The Morgan fingerprint density at radius 2 is 1.86 bits per heavy atom. The first-order chi connectivity index (χ1) is 10.6. The van der Waals surface area contributed by atoms with Crippen molar-refractivity contribution in [2.24, 2.45) is 0 Å². The van der Waals surface area contributed by atoms with Crippen molar-refractivity contribution in [3.63, 3.8) is 0 Å². The summed E-state index contributed by atoms with van der Waals surface area (Å²) in [4.78, 5) is 13.6. The van der Waals surface area contributed by atoms with Gasteiger partial charge in [0.15, 0.2) is 0 Å². The third-order valence-electron chi connectivity index (χ3n) is 3.23. The van der Waals surface area contributed by atoms with Gasteiger partial charge in [0, 0.05) is 11.5 Å². The number of amides is 1. The van der Waals surface area contributed by atoms with Crippen LogP contribution in [0.4, 0.5) is 4.39 Å². The number of carbonyl (C=O) groups is 1. The summed E-state index contributed by atoms with van der Waals surface area (Å²) >= 11 is 3.35. The summed E-state index contributed by atoms with van der Waals surface area (Å²) in [5.41, 5.74) is 0.410. The maximum absolute atomic E-state index is 13.5. The van der Waals surface area contributed by atoms with Gasteiger partial charge in [0.1, 0.15) is 18.2 Å². The molecule has 0 spiro atoms. The van der Waals surface area contributed by atoms with Gasteiger partial charge in [0.05, 0.1) is 13.0 Å². The second-order valence-electron chi connectivity index (χ2n) is 4.89. The van der Waals surface area contributed by atoms with Gasteiger partial charge in [-0.15, -0.1) is 0 Å². The predicted molar refractivity (Wildman–Crippen MR) is 87.4 cm³/mol. The molecule has 0 aliphatic heterocycles. The molecule has 5 heteroatoms. The zero-order valence-corrected chi connectivity index (χ0v) is 13.8. The quantitative estimate of drug-likeness (QED) is 0.781. The highest BCUT2D eigenvalue weighted by molar-refractivity contribution is 9.10. The summed E-state index contributed by atoms with van der Waals surface area (Å²) in [5.74, 6) is 0.262. The topological polar surface area (TPSA) is 29.5 Å². The van der Waals surface area contributed by atoms with Gasteiger partial charge >= 0.3 is 0 Å². The van der Waals surface area contributed by atoms with E-state index in [-0.39, 0.29) is 18.1 Å². The molecule has 2 aromatic carbocycles. The Hall–Kier alpha value is -1.88. The molecule has 0 aromatic heterocycles. The average molecular weight is 366 g/mol. The molecular formula is C17H17BrFNO2. The lowest BCUT2D eigenvalue weighted by atomic mass is 10.1. The van der Waals surface area contributed by atoms with Gasteiger partial charge in [-0.05, 0) is 35.9 Å². The normalized spacial score (nSPS) is 10.3. The number of hydrogen-bond acceptors (Lipinski definition) is 2. The van der Waals surface area contributed by atoms with Gasteiger partial charge < -0.3 is 9.64 Å². The maximum atomic E-state index is 13.5. The summed E-state index contributed by atoms with van der Waals surface area (Å²) in [6, 6.07) is 13.8. The summed E-state index contributed by atoms with van der Waals surface area (Å²) in [7, 11) is 1.69. The fourth-order valence-corrected chi connectivity index (χ4v) is 2.16. The first-order valence-electron chi connectivity index (χ1n) is 6.92. The van der Waals surface area contributed by atoms with Crippen LogP contribution in [0.1, 0.15) is 5.56 Å². The van der Waals surface area contributed by atoms with Crippen LogP contribution in [0.15, 0.2) is 53.0 Å². The van der Waals surface area contributed by atoms with Crippen LogP contribution >= 0.6 is 15.9 Å². The molecule has 0 saturated heterocycles.